The Kier molecular flexibility index (Phi) is 3.69. The summed E-state index contributed by atoms with van der Waals surface area (Å²) in [6.07, 6.45) is 6.70. The van der Waals surface area contributed by atoms with E-state index >= 15 is 0 Å². The number of hydrogen-bond acceptors (Lipinski definition) is 0. The summed E-state index contributed by atoms with van der Waals surface area (Å²) in [6, 6.07) is 15.5. The molecule has 0 bridgehead atoms. The van der Waals surface area contributed by atoms with Gasteiger partial charge in [-0.15, -0.1) is 0 Å². The molecule has 0 aliphatic heterocycles. The average molecular weight is 303 g/mol. The van der Waals surface area contributed by atoms with Crippen LogP contribution in [0.4, 0.5) is 0 Å². The van der Waals surface area contributed by atoms with E-state index < -0.39 is 0 Å². The molecule has 0 saturated heterocycles. The molecule has 0 amide bonds. The van der Waals surface area contributed by atoms with Crippen molar-refractivity contribution in [2.45, 2.75) is 36.9 Å². The quantitative estimate of drug-likeness (QED) is 0.657. The van der Waals surface area contributed by atoms with E-state index in [0.717, 1.165) is 10.7 Å². The van der Waals surface area contributed by atoms with Gasteiger partial charge in [0, 0.05) is 4.83 Å². The van der Waals surface area contributed by atoms with Gasteiger partial charge in [0.25, 0.3) is 0 Å². The normalized spacial score (nSPS) is 24.3. The van der Waals surface area contributed by atoms with Gasteiger partial charge in [0.2, 0.25) is 0 Å². The molecule has 2 aromatic rings. The van der Waals surface area contributed by atoms with Crippen molar-refractivity contribution < 1.29 is 0 Å². The highest BCUT2D eigenvalue weighted by atomic mass is 79.9. The highest BCUT2D eigenvalue weighted by molar-refractivity contribution is 9.09. The van der Waals surface area contributed by atoms with Crippen LogP contribution >= 0.6 is 15.9 Å². The van der Waals surface area contributed by atoms with Crippen molar-refractivity contribution in [3.05, 3.63) is 48.0 Å². The SMILES string of the molecule is BrC1CCCC(Cc2cccc3ccccc23)C1. The van der Waals surface area contributed by atoms with Crippen LogP contribution in [0.15, 0.2) is 42.5 Å². The largest absolute Gasteiger partial charge is 0.0891 e. The standard InChI is InChI=1S/C17H19Br/c18-16-9-3-5-13(12-16)11-15-8-4-7-14-6-1-2-10-17(14)15/h1-2,4,6-8,10,13,16H,3,5,9,11-12H2. The van der Waals surface area contributed by atoms with Gasteiger partial charge in [-0.05, 0) is 41.5 Å². The summed E-state index contributed by atoms with van der Waals surface area (Å²) in [5, 5.41) is 2.82. The number of alkyl halides is 1. The maximum absolute atomic E-state index is 3.79. The van der Waals surface area contributed by atoms with Crippen molar-refractivity contribution in [1.29, 1.82) is 0 Å². The lowest BCUT2D eigenvalue weighted by atomic mass is 9.84. The van der Waals surface area contributed by atoms with Crippen LogP contribution in [-0.4, -0.2) is 4.83 Å². The van der Waals surface area contributed by atoms with Crippen molar-refractivity contribution in [2.24, 2.45) is 5.92 Å². The number of hydrogen-bond donors (Lipinski definition) is 0. The van der Waals surface area contributed by atoms with Crippen molar-refractivity contribution in [2.75, 3.05) is 0 Å². The molecule has 0 heterocycles. The Bertz CT molecular complexity index is 527. The topological polar surface area (TPSA) is 0 Å². The van der Waals surface area contributed by atoms with E-state index in [9.17, 15) is 0 Å². The molecule has 0 N–H and O–H groups in total. The minimum absolute atomic E-state index is 0.742. The summed E-state index contributed by atoms with van der Waals surface area (Å²) in [4.78, 5) is 0.742. The van der Waals surface area contributed by atoms with Crippen LogP contribution in [0.2, 0.25) is 0 Å². The second kappa shape index (κ2) is 5.44. The second-order valence-corrected chi connectivity index (χ2v) is 6.77. The summed E-state index contributed by atoms with van der Waals surface area (Å²) in [6.45, 7) is 0. The van der Waals surface area contributed by atoms with Crippen molar-refractivity contribution in [3.8, 4) is 0 Å². The van der Waals surface area contributed by atoms with Gasteiger partial charge in [-0.25, -0.2) is 0 Å². The van der Waals surface area contributed by atoms with Crippen molar-refractivity contribution in [3.63, 3.8) is 0 Å². The van der Waals surface area contributed by atoms with E-state index in [2.05, 4.69) is 58.4 Å². The average Bonchev–Trinajstić information content (AvgIpc) is 2.39. The first-order chi connectivity index (χ1) is 8.83. The van der Waals surface area contributed by atoms with Crippen LogP contribution < -0.4 is 0 Å². The lowest BCUT2D eigenvalue weighted by Gasteiger charge is -2.26. The fraction of sp³-hybridized carbons (Fsp3) is 0.412. The highest BCUT2D eigenvalue weighted by Gasteiger charge is 2.20. The van der Waals surface area contributed by atoms with Crippen LogP contribution in [0.1, 0.15) is 31.2 Å². The molecule has 1 fully saturated rings. The third-order valence-corrected chi connectivity index (χ3v) is 4.94. The van der Waals surface area contributed by atoms with Gasteiger partial charge in [0.15, 0.2) is 0 Å². The van der Waals surface area contributed by atoms with Crippen molar-refractivity contribution >= 4 is 26.7 Å². The number of halogens is 1. The van der Waals surface area contributed by atoms with E-state index in [0.29, 0.717) is 0 Å². The van der Waals surface area contributed by atoms with Gasteiger partial charge in [-0.1, -0.05) is 71.2 Å². The Hall–Kier alpha value is -0.820. The maximum Gasteiger partial charge on any atom is 0.0148 e. The molecule has 0 spiro atoms. The molecule has 0 radical (unpaired) electrons. The summed E-state index contributed by atoms with van der Waals surface area (Å²) in [5.74, 6) is 0.855. The third-order valence-electron chi connectivity index (χ3n) is 4.11. The predicted octanol–water partition coefficient (Wildman–Crippen LogP) is 5.34. The minimum atomic E-state index is 0.742. The smallest absolute Gasteiger partial charge is 0.0148 e. The Labute approximate surface area is 118 Å². The minimum Gasteiger partial charge on any atom is -0.0891 e. The predicted molar refractivity (Wildman–Crippen MR) is 82.3 cm³/mol. The van der Waals surface area contributed by atoms with Gasteiger partial charge in [0.1, 0.15) is 0 Å². The molecule has 1 aliphatic rings. The second-order valence-electron chi connectivity index (χ2n) is 5.47. The monoisotopic (exact) mass is 302 g/mol. The van der Waals surface area contributed by atoms with Gasteiger partial charge >= 0.3 is 0 Å². The van der Waals surface area contributed by atoms with Crippen LogP contribution in [0, 0.1) is 5.92 Å². The number of fused-ring (bicyclic) bond motifs is 1. The zero-order chi connectivity index (χ0) is 12.4. The zero-order valence-electron chi connectivity index (χ0n) is 10.6. The summed E-state index contributed by atoms with van der Waals surface area (Å²) < 4.78 is 0. The fourth-order valence-electron chi connectivity index (χ4n) is 3.19. The van der Waals surface area contributed by atoms with E-state index in [-0.39, 0.29) is 0 Å². The van der Waals surface area contributed by atoms with Gasteiger partial charge in [-0.3, -0.25) is 0 Å². The van der Waals surface area contributed by atoms with Gasteiger partial charge < -0.3 is 0 Å². The molecule has 1 saturated carbocycles. The Balaban J connectivity index is 1.86. The first-order valence-corrected chi connectivity index (χ1v) is 7.85. The van der Waals surface area contributed by atoms with Crippen LogP contribution in [-0.2, 0) is 6.42 Å². The van der Waals surface area contributed by atoms with Crippen molar-refractivity contribution in [1.82, 2.24) is 0 Å². The first kappa shape index (κ1) is 12.2. The molecule has 18 heavy (non-hydrogen) atoms. The molecule has 2 atom stereocenters. The molecular formula is C17H19Br. The molecule has 94 valence electrons. The number of benzene rings is 2. The summed E-state index contributed by atoms with van der Waals surface area (Å²) in [5.41, 5.74) is 1.53. The lowest BCUT2D eigenvalue weighted by Crippen LogP contribution is -2.17. The van der Waals surface area contributed by atoms with E-state index in [1.165, 1.54) is 48.4 Å². The molecule has 1 heteroatoms. The molecule has 3 rings (SSSR count). The van der Waals surface area contributed by atoms with Gasteiger partial charge in [0.05, 0.1) is 0 Å². The Morgan fingerprint density at radius 1 is 1.00 bits per heavy atom. The molecule has 2 unspecified atom stereocenters. The van der Waals surface area contributed by atoms with E-state index in [1.54, 1.807) is 0 Å². The highest BCUT2D eigenvalue weighted by Crippen LogP contribution is 2.32. The third kappa shape index (κ3) is 2.61. The van der Waals surface area contributed by atoms with Crippen LogP contribution in [0.3, 0.4) is 0 Å². The first-order valence-electron chi connectivity index (χ1n) is 6.93. The van der Waals surface area contributed by atoms with E-state index in [4.69, 9.17) is 0 Å². The van der Waals surface area contributed by atoms with Crippen LogP contribution in [0.5, 0.6) is 0 Å². The molecule has 0 aromatic heterocycles. The summed E-state index contributed by atoms with van der Waals surface area (Å²) in [7, 11) is 0. The molecule has 1 aliphatic carbocycles. The van der Waals surface area contributed by atoms with Crippen LogP contribution in [0.25, 0.3) is 10.8 Å². The zero-order valence-corrected chi connectivity index (χ0v) is 12.2. The molecule has 0 nitrogen and oxygen atoms in total. The van der Waals surface area contributed by atoms with E-state index in [1.807, 2.05) is 0 Å². The Morgan fingerprint density at radius 2 is 1.83 bits per heavy atom. The number of rotatable bonds is 2. The summed E-state index contributed by atoms with van der Waals surface area (Å²) >= 11 is 3.79. The Morgan fingerprint density at radius 3 is 2.72 bits per heavy atom. The molecular weight excluding hydrogens is 284 g/mol. The maximum atomic E-state index is 3.79. The lowest BCUT2D eigenvalue weighted by molar-refractivity contribution is 0.368. The van der Waals surface area contributed by atoms with Gasteiger partial charge in [-0.2, -0.15) is 0 Å². The fourth-order valence-corrected chi connectivity index (χ4v) is 4.04. The molecule has 2 aromatic carbocycles.